The molecule has 0 amide bonds. The van der Waals surface area contributed by atoms with Gasteiger partial charge in [-0.1, -0.05) is 55.1 Å². The fraction of sp³-hybridized carbons (Fsp3) is 0.231. The Bertz CT molecular complexity index is 1210. The van der Waals surface area contributed by atoms with Crippen LogP contribution in [0.1, 0.15) is 42.1 Å². The standard InChI is InChI=1S/C26H28ClN3O/c1-7-20-10-9-19(14-21(20)8-2)16-26(5,6)29-24-12-11-22(15-23(24)27)30-18(4)28-17(3)13-25(30)31/h7-15,29H,1-2,16H2,3-6H3. The van der Waals surface area contributed by atoms with Gasteiger partial charge in [0.2, 0.25) is 0 Å². The Morgan fingerprint density at radius 1 is 1.06 bits per heavy atom. The summed E-state index contributed by atoms with van der Waals surface area (Å²) in [7, 11) is 0. The summed E-state index contributed by atoms with van der Waals surface area (Å²) in [5, 5.41) is 4.08. The zero-order chi connectivity index (χ0) is 22.8. The molecule has 1 heterocycles. The third-order valence-corrected chi connectivity index (χ3v) is 5.45. The minimum Gasteiger partial charge on any atom is -0.379 e. The lowest BCUT2D eigenvalue weighted by Gasteiger charge is -2.29. The second-order valence-electron chi connectivity index (χ2n) is 8.34. The Kier molecular flexibility index (Phi) is 6.51. The predicted molar refractivity (Wildman–Crippen MR) is 132 cm³/mol. The number of anilines is 1. The lowest BCUT2D eigenvalue weighted by atomic mass is 9.92. The van der Waals surface area contributed by atoms with Gasteiger partial charge in [-0.15, -0.1) is 0 Å². The number of hydrogen-bond acceptors (Lipinski definition) is 3. The number of rotatable bonds is 7. The number of aromatic nitrogens is 2. The van der Waals surface area contributed by atoms with Crippen molar-refractivity contribution in [2.75, 3.05) is 5.32 Å². The van der Waals surface area contributed by atoms with E-state index in [2.05, 4.69) is 55.5 Å². The van der Waals surface area contributed by atoms with E-state index >= 15 is 0 Å². The molecule has 0 aliphatic heterocycles. The molecule has 0 aliphatic rings. The summed E-state index contributed by atoms with van der Waals surface area (Å²) < 4.78 is 1.56. The summed E-state index contributed by atoms with van der Waals surface area (Å²) in [6, 6.07) is 13.4. The highest BCUT2D eigenvalue weighted by atomic mass is 35.5. The first kappa shape index (κ1) is 22.6. The first-order chi connectivity index (χ1) is 14.6. The van der Waals surface area contributed by atoms with Gasteiger partial charge in [-0.25, -0.2) is 4.98 Å². The number of benzene rings is 2. The highest BCUT2D eigenvalue weighted by Crippen LogP contribution is 2.29. The summed E-state index contributed by atoms with van der Waals surface area (Å²) in [5.41, 5.74) is 5.16. The molecule has 0 fully saturated rings. The van der Waals surface area contributed by atoms with Crippen LogP contribution in [-0.2, 0) is 6.42 Å². The maximum atomic E-state index is 12.4. The molecule has 0 spiro atoms. The largest absolute Gasteiger partial charge is 0.379 e. The van der Waals surface area contributed by atoms with Crippen LogP contribution >= 0.6 is 11.6 Å². The van der Waals surface area contributed by atoms with Gasteiger partial charge in [-0.05, 0) is 69.0 Å². The predicted octanol–water partition coefficient (Wildman–Crippen LogP) is 6.22. The van der Waals surface area contributed by atoms with E-state index in [4.69, 9.17) is 11.6 Å². The molecule has 1 aromatic heterocycles. The molecule has 1 N–H and O–H groups in total. The minimum absolute atomic E-state index is 0.122. The highest BCUT2D eigenvalue weighted by molar-refractivity contribution is 6.33. The van der Waals surface area contributed by atoms with Crippen LogP contribution in [0.2, 0.25) is 5.02 Å². The molecule has 0 bridgehead atoms. The Hall–Kier alpha value is -3.11. The van der Waals surface area contributed by atoms with E-state index in [1.54, 1.807) is 10.6 Å². The normalized spacial score (nSPS) is 11.3. The van der Waals surface area contributed by atoms with Crippen LogP contribution < -0.4 is 10.9 Å². The van der Waals surface area contributed by atoms with Crippen molar-refractivity contribution in [3.8, 4) is 5.69 Å². The van der Waals surface area contributed by atoms with E-state index in [1.165, 1.54) is 11.6 Å². The Balaban J connectivity index is 1.85. The maximum Gasteiger partial charge on any atom is 0.258 e. The van der Waals surface area contributed by atoms with Gasteiger partial charge in [-0.3, -0.25) is 9.36 Å². The first-order valence-corrected chi connectivity index (χ1v) is 10.5. The quantitative estimate of drug-likeness (QED) is 0.481. The smallest absolute Gasteiger partial charge is 0.258 e. The molecule has 0 saturated carbocycles. The molecule has 0 radical (unpaired) electrons. The third kappa shape index (κ3) is 5.15. The molecule has 0 atom stereocenters. The Morgan fingerprint density at radius 3 is 2.39 bits per heavy atom. The maximum absolute atomic E-state index is 12.4. The first-order valence-electron chi connectivity index (χ1n) is 10.2. The van der Waals surface area contributed by atoms with Crippen LogP contribution in [0, 0.1) is 13.8 Å². The topological polar surface area (TPSA) is 46.9 Å². The second-order valence-corrected chi connectivity index (χ2v) is 8.75. The summed E-state index contributed by atoms with van der Waals surface area (Å²) >= 11 is 6.59. The van der Waals surface area contributed by atoms with E-state index in [1.807, 2.05) is 38.1 Å². The second kappa shape index (κ2) is 8.94. The summed E-state index contributed by atoms with van der Waals surface area (Å²) in [4.78, 5) is 16.8. The van der Waals surface area contributed by atoms with Crippen LogP contribution in [-0.4, -0.2) is 15.1 Å². The SMILES string of the molecule is C=Cc1ccc(CC(C)(C)Nc2ccc(-n3c(C)nc(C)cc3=O)cc2Cl)cc1C=C. The third-order valence-electron chi connectivity index (χ3n) is 5.14. The van der Waals surface area contributed by atoms with Gasteiger partial charge < -0.3 is 5.32 Å². The fourth-order valence-electron chi connectivity index (χ4n) is 3.81. The van der Waals surface area contributed by atoms with Crippen LogP contribution in [0.5, 0.6) is 0 Å². The molecule has 0 saturated heterocycles. The number of nitrogens with zero attached hydrogens (tertiary/aromatic N) is 2. The van der Waals surface area contributed by atoms with Crippen molar-refractivity contribution in [3.05, 3.63) is 99.2 Å². The lowest BCUT2D eigenvalue weighted by molar-refractivity contribution is 0.564. The average molecular weight is 434 g/mol. The van der Waals surface area contributed by atoms with Crippen LogP contribution in [0.4, 0.5) is 5.69 Å². The highest BCUT2D eigenvalue weighted by Gasteiger charge is 2.20. The molecule has 5 heteroatoms. The van der Waals surface area contributed by atoms with Gasteiger partial charge in [0.1, 0.15) is 5.82 Å². The average Bonchev–Trinajstić information content (AvgIpc) is 2.68. The van der Waals surface area contributed by atoms with Crippen LogP contribution in [0.3, 0.4) is 0 Å². The van der Waals surface area contributed by atoms with Crippen molar-refractivity contribution in [1.82, 2.24) is 9.55 Å². The minimum atomic E-state index is -0.253. The molecule has 3 rings (SSSR count). The summed E-state index contributed by atoms with van der Waals surface area (Å²) in [5.74, 6) is 0.628. The molecular formula is C26H28ClN3O. The Morgan fingerprint density at radius 2 is 1.77 bits per heavy atom. The van der Waals surface area contributed by atoms with E-state index in [9.17, 15) is 4.79 Å². The fourth-order valence-corrected chi connectivity index (χ4v) is 4.04. The number of hydrogen-bond donors (Lipinski definition) is 1. The molecule has 0 aliphatic carbocycles. The van der Waals surface area contributed by atoms with Gasteiger partial charge in [0.15, 0.2) is 0 Å². The van der Waals surface area contributed by atoms with Crippen molar-refractivity contribution in [3.63, 3.8) is 0 Å². The number of aryl methyl sites for hydroxylation is 2. The van der Waals surface area contributed by atoms with Crippen molar-refractivity contribution in [1.29, 1.82) is 0 Å². The van der Waals surface area contributed by atoms with Gasteiger partial charge in [0.25, 0.3) is 5.56 Å². The Labute approximate surface area is 188 Å². The summed E-state index contributed by atoms with van der Waals surface area (Å²) in [6.07, 6.45) is 4.48. The monoisotopic (exact) mass is 433 g/mol. The van der Waals surface area contributed by atoms with E-state index in [-0.39, 0.29) is 11.1 Å². The molecule has 31 heavy (non-hydrogen) atoms. The van der Waals surface area contributed by atoms with Gasteiger partial charge in [0.05, 0.1) is 16.4 Å². The zero-order valence-electron chi connectivity index (χ0n) is 18.5. The molecule has 0 unspecified atom stereocenters. The van der Waals surface area contributed by atoms with Crippen molar-refractivity contribution in [2.45, 2.75) is 39.7 Å². The lowest BCUT2D eigenvalue weighted by Crippen LogP contribution is -2.33. The van der Waals surface area contributed by atoms with Crippen LogP contribution in [0.15, 0.2) is 60.4 Å². The van der Waals surface area contributed by atoms with Gasteiger partial charge in [-0.2, -0.15) is 0 Å². The van der Waals surface area contributed by atoms with Crippen molar-refractivity contribution < 1.29 is 0 Å². The van der Waals surface area contributed by atoms with Crippen molar-refractivity contribution >= 4 is 29.4 Å². The molecule has 160 valence electrons. The number of halogens is 1. The van der Waals surface area contributed by atoms with Gasteiger partial charge >= 0.3 is 0 Å². The molecular weight excluding hydrogens is 406 g/mol. The molecule has 4 nitrogen and oxygen atoms in total. The number of nitrogens with one attached hydrogen (secondary N) is 1. The molecule has 3 aromatic rings. The van der Waals surface area contributed by atoms with Crippen LogP contribution in [0.25, 0.3) is 17.8 Å². The summed E-state index contributed by atoms with van der Waals surface area (Å²) in [6.45, 7) is 15.6. The van der Waals surface area contributed by atoms with E-state index < -0.39 is 0 Å². The van der Waals surface area contributed by atoms with E-state index in [0.29, 0.717) is 22.2 Å². The van der Waals surface area contributed by atoms with Gasteiger partial charge in [0, 0.05) is 17.3 Å². The van der Waals surface area contributed by atoms with Crippen molar-refractivity contribution in [2.24, 2.45) is 0 Å². The molecule has 2 aromatic carbocycles. The zero-order valence-corrected chi connectivity index (χ0v) is 19.3. The van der Waals surface area contributed by atoms with E-state index in [0.717, 1.165) is 23.2 Å².